The number of piperazine rings is 2. The highest BCUT2D eigenvalue weighted by Gasteiger charge is 2.25. The number of benzene rings is 1. The zero-order valence-corrected chi connectivity index (χ0v) is 19.8. The van der Waals surface area contributed by atoms with Crippen LogP contribution in [0.5, 0.6) is 11.5 Å². The van der Waals surface area contributed by atoms with Gasteiger partial charge in [0.25, 0.3) is 0 Å². The van der Waals surface area contributed by atoms with Crippen molar-refractivity contribution in [1.82, 2.24) is 29.7 Å². The average Bonchev–Trinajstić information content (AvgIpc) is 3.38. The quantitative estimate of drug-likeness (QED) is 0.526. The Labute approximate surface area is 205 Å². The van der Waals surface area contributed by atoms with Gasteiger partial charge in [0.2, 0.25) is 18.7 Å². The topological polar surface area (TPSA) is 83.0 Å². The molecule has 3 aliphatic rings. The van der Waals surface area contributed by atoms with Gasteiger partial charge in [0.1, 0.15) is 0 Å². The van der Waals surface area contributed by atoms with E-state index in [1.807, 2.05) is 12.1 Å². The largest absolute Gasteiger partial charge is 0.454 e. The van der Waals surface area contributed by atoms with Gasteiger partial charge in [-0.3, -0.25) is 9.80 Å². The lowest BCUT2D eigenvalue weighted by Crippen LogP contribution is -2.47. The third-order valence-electron chi connectivity index (χ3n) is 6.90. The Morgan fingerprint density at radius 1 is 0.571 bits per heavy atom. The van der Waals surface area contributed by atoms with Gasteiger partial charge < -0.3 is 19.3 Å². The van der Waals surface area contributed by atoms with Crippen LogP contribution in [-0.4, -0.2) is 88.9 Å². The van der Waals surface area contributed by atoms with Crippen LogP contribution in [0.2, 0.25) is 0 Å². The molecule has 3 aromatic rings. The molecule has 0 N–H and O–H groups in total. The van der Waals surface area contributed by atoms with Gasteiger partial charge in [-0.05, 0) is 35.4 Å². The lowest BCUT2D eigenvalue weighted by Gasteiger charge is -2.36. The number of ether oxygens (including phenoxy) is 2. The van der Waals surface area contributed by atoms with Crippen LogP contribution in [0.15, 0.2) is 49.1 Å². The van der Waals surface area contributed by atoms with Crippen molar-refractivity contribution in [2.24, 2.45) is 0 Å². The van der Waals surface area contributed by atoms with Crippen LogP contribution in [0.1, 0.15) is 11.1 Å². The summed E-state index contributed by atoms with van der Waals surface area (Å²) in [7, 11) is 0. The standard InChI is InChI=1S/C25H30N8O2/c1-3-26-24(27-4-1)32-11-7-30(8-12-32)17-20-15-22-23(35-19-34-22)16-21(20)18-31-9-13-33(14-10-31)25-28-5-2-6-29-25/h1-6,15-16H,7-14,17-19H2. The SMILES string of the molecule is c1cnc(N2CCN(Cc3cc4c(cc3CN3CCN(c5ncccn5)CC3)OCO4)CC2)nc1. The first-order chi connectivity index (χ1) is 17.3. The van der Waals surface area contributed by atoms with E-state index in [-0.39, 0.29) is 0 Å². The van der Waals surface area contributed by atoms with Crippen LogP contribution in [0.4, 0.5) is 11.9 Å². The molecule has 1 aromatic carbocycles. The molecule has 0 atom stereocenters. The van der Waals surface area contributed by atoms with Gasteiger partial charge in [-0.2, -0.15) is 0 Å². The molecule has 0 amide bonds. The highest BCUT2D eigenvalue weighted by molar-refractivity contribution is 5.49. The fraction of sp³-hybridized carbons (Fsp3) is 0.440. The Bertz CT molecular complexity index is 1030. The van der Waals surface area contributed by atoms with Crippen molar-refractivity contribution in [1.29, 1.82) is 0 Å². The maximum absolute atomic E-state index is 5.71. The van der Waals surface area contributed by atoms with Crippen molar-refractivity contribution in [3.05, 3.63) is 60.2 Å². The fourth-order valence-electron chi connectivity index (χ4n) is 4.92. The van der Waals surface area contributed by atoms with Crippen molar-refractivity contribution in [2.75, 3.05) is 69.0 Å². The number of rotatable bonds is 6. The summed E-state index contributed by atoms with van der Waals surface area (Å²) < 4.78 is 11.4. The molecule has 3 aliphatic heterocycles. The molecular formula is C25H30N8O2. The third-order valence-corrected chi connectivity index (χ3v) is 6.90. The second kappa shape index (κ2) is 10.0. The molecule has 6 rings (SSSR count). The summed E-state index contributed by atoms with van der Waals surface area (Å²) in [6.07, 6.45) is 7.22. The van der Waals surface area contributed by atoms with E-state index >= 15 is 0 Å². The van der Waals surface area contributed by atoms with Gasteiger partial charge in [-0.1, -0.05) is 0 Å². The first kappa shape index (κ1) is 22.0. The predicted molar refractivity (Wildman–Crippen MR) is 132 cm³/mol. The molecule has 10 nitrogen and oxygen atoms in total. The van der Waals surface area contributed by atoms with Crippen molar-refractivity contribution >= 4 is 11.9 Å². The molecule has 2 saturated heterocycles. The number of hydrogen-bond acceptors (Lipinski definition) is 10. The van der Waals surface area contributed by atoms with Gasteiger partial charge in [0.15, 0.2) is 11.5 Å². The average molecular weight is 475 g/mol. The Morgan fingerprint density at radius 2 is 0.971 bits per heavy atom. The minimum absolute atomic E-state index is 0.295. The molecule has 0 saturated carbocycles. The summed E-state index contributed by atoms with van der Waals surface area (Å²) in [4.78, 5) is 27.1. The predicted octanol–water partition coefficient (Wildman–Crippen LogP) is 1.64. The summed E-state index contributed by atoms with van der Waals surface area (Å²) in [5.74, 6) is 3.34. The van der Waals surface area contributed by atoms with Crippen LogP contribution >= 0.6 is 0 Å². The minimum atomic E-state index is 0.295. The Hall–Kier alpha value is -3.50. The zero-order chi connectivity index (χ0) is 23.5. The Kier molecular flexibility index (Phi) is 6.29. The number of anilines is 2. The molecule has 10 heteroatoms. The highest BCUT2D eigenvalue weighted by atomic mass is 16.7. The zero-order valence-electron chi connectivity index (χ0n) is 19.8. The van der Waals surface area contributed by atoms with E-state index in [9.17, 15) is 0 Å². The second-order valence-electron chi connectivity index (χ2n) is 9.10. The fourth-order valence-corrected chi connectivity index (χ4v) is 4.92. The van der Waals surface area contributed by atoms with E-state index in [1.54, 1.807) is 24.8 Å². The molecule has 2 aromatic heterocycles. The van der Waals surface area contributed by atoms with E-state index in [1.165, 1.54) is 11.1 Å². The number of aromatic nitrogens is 4. The smallest absolute Gasteiger partial charge is 0.231 e. The first-order valence-electron chi connectivity index (χ1n) is 12.2. The number of hydrogen-bond donors (Lipinski definition) is 0. The van der Waals surface area contributed by atoms with Gasteiger partial charge in [-0.15, -0.1) is 0 Å². The summed E-state index contributed by atoms with van der Waals surface area (Å²) >= 11 is 0. The molecule has 0 spiro atoms. The van der Waals surface area contributed by atoms with E-state index in [0.29, 0.717) is 6.79 Å². The van der Waals surface area contributed by atoms with Crippen molar-refractivity contribution in [3.63, 3.8) is 0 Å². The van der Waals surface area contributed by atoms with Crippen LogP contribution in [-0.2, 0) is 13.1 Å². The van der Waals surface area contributed by atoms with Crippen LogP contribution in [0.3, 0.4) is 0 Å². The molecule has 0 unspecified atom stereocenters. The summed E-state index contributed by atoms with van der Waals surface area (Å²) in [6, 6.07) is 8.07. The van der Waals surface area contributed by atoms with Gasteiger partial charge in [-0.25, -0.2) is 19.9 Å². The molecule has 0 aliphatic carbocycles. The summed E-state index contributed by atoms with van der Waals surface area (Å²) in [6.45, 7) is 9.68. The highest BCUT2D eigenvalue weighted by Crippen LogP contribution is 2.36. The van der Waals surface area contributed by atoms with Gasteiger partial charge in [0.05, 0.1) is 0 Å². The Morgan fingerprint density at radius 3 is 1.37 bits per heavy atom. The molecule has 182 valence electrons. The molecule has 35 heavy (non-hydrogen) atoms. The molecule has 5 heterocycles. The minimum Gasteiger partial charge on any atom is -0.454 e. The molecule has 0 radical (unpaired) electrons. The number of fused-ring (bicyclic) bond motifs is 1. The molecule has 2 fully saturated rings. The van der Waals surface area contributed by atoms with Crippen LogP contribution in [0.25, 0.3) is 0 Å². The summed E-state index contributed by atoms with van der Waals surface area (Å²) in [5, 5.41) is 0. The molecular weight excluding hydrogens is 444 g/mol. The number of nitrogens with zero attached hydrogens (tertiary/aromatic N) is 8. The van der Waals surface area contributed by atoms with Gasteiger partial charge in [0, 0.05) is 90.2 Å². The Balaban J connectivity index is 1.11. The van der Waals surface area contributed by atoms with Crippen LogP contribution in [0, 0.1) is 0 Å². The van der Waals surface area contributed by atoms with Crippen molar-refractivity contribution in [3.8, 4) is 11.5 Å². The summed E-state index contributed by atoms with van der Waals surface area (Å²) in [5.41, 5.74) is 2.62. The van der Waals surface area contributed by atoms with Crippen molar-refractivity contribution in [2.45, 2.75) is 13.1 Å². The second-order valence-corrected chi connectivity index (χ2v) is 9.10. The normalized spacial score (nSPS) is 18.7. The van der Waals surface area contributed by atoms with E-state index in [0.717, 1.165) is 88.8 Å². The lowest BCUT2D eigenvalue weighted by molar-refractivity contribution is 0.173. The monoisotopic (exact) mass is 474 g/mol. The van der Waals surface area contributed by atoms with E-state index in [2.05, 4.69) is 51.7 Å². The molecule has 0 bridgehead atoms. The lowest BCUT2D eigenvalue weighted by atomic mass is 10.0. The first-order valence-corrected chi connectivity index (χ1v) is 12.2. The van der Waals surface area contributed by atoms with Crippen molar-refractivity contribution < 1.29 is 9.47 Å². The maximum Gasteiger partial charge on any atom is 0.231 e. The van der Waals surface area contributed by atoms with E-state index < -0.39 is 0 Å². The van der Waals surface area contributed by atoms with Gasteiger partial charge >= 0.3 is 0 Å². The van der Waals surface area contributed by atoms with E-state index in [4.69, 9.17) is 9.47 Å². The third kappa shape index (κ3) is 4.98. The van der Waals surface area contributed by atoms with Crippen LogP contribution < -0.4 is 19.3 Å². The maximum atomic E-state index is 5.71.